The van der Waals surface area contributed by atoms with E-state index in [4.69, 9.17) is 27.4 Å². The molecule has 6 nitrogen and oxygen atoms in total. The highest BCUT2D eigenvalue weighted by atomic mass is 32.1. The molecule has 0 unspecified atom stereocenters. The second-order valence-electron chi connectivity index (χ2n) is 4.18. The van der Waals surface area contributed by atoms with E-state index in [0.717, 1.165) is 17.1 Å². The Hall–Kier alpha value is -2.41. The van der Waals surface area contributed by atoms with Crippen molar-refractivity contribution >= 4 is 23.0 Å². The van der Waals surface area contributed by atoms with Gasteiger partial charge in [-0.1, -0.05) is 12.2 Å². The summed E-state index contributed by atoms with van der Waals surface area (Å²) in [7, 11) is 3.24. The van der Waals surface area contributed by atoms with Crippen LogP contribution in [-0.4, -0.2) is 29.2 Å². The summed E-state index contributed by atoms with van der Waals surface area (Å²) >= 11 is 4.83. The van der Waals surface area contributed by atoms with Gasteiger partial charge < -0.3 is 20.5 Å². The van der Waals surface area contributed by atoms with Gasteiger partial charge >= 0.3 is 0 Å². The van der Waals surface area contributed by atoms with E-state index in [2.05, 4.69) is 15.3 Å². The number of hydrogen-bond donors (Lipinski definition) is 2. The van der Waals surface area contributed by atoms with E-state index in [1.807, 2.05) is 18.2 Å². The molecule has 1 aromatic heterocycles. The Labute approximate surface area is 128 Å². The van der Waals surface area contributed by atoms with Crippen LogP contribution in [0.2, 0.25) is 0 Å². The van der Waals surface area contributed by atoms with Gasteiger partial charge in [-0.3, -0.25) is 0 Å². The summed E-state index contributed by atoms with van der Waals surface area (Å²) in [5, 5.41) is 3.16. The van der Waals surface area contributed by atoms with E-state index in [-0.39, 0.29) is 4.99 Å². The molecule has 0 radical (unpaired) electrons. The molecule has 1 heterocycles. The number of rotatable bonds is 6. The molecule has 0 aliphatic heterocycles. The first kappa shape index (κ1) is 15.0. The molecule has 0 fully saturated rings. The van der Waals surface area contributed by atoms with Crippen LogP contribution in [0.25, 0.3) is 0 Å². The van der Waals surface area contributed by atoms with Gasteiger partial charge in [-0.15, -0.1) is 0 Å². The summed E-state index contributed by atoms with van der Waals surface area (Å²) in [5.41, 5.74) is 6.96. The summed E-state index contributed by atoms with van der Waals surface area (Å²) < 4.78 is 10.5. The van der Waals surface area contributed by atoms with Gasteiger partial charge in [0, 0.05) is 18.2 Å². The highest BCUT2D eigenvalue weighted by Gasteiger charge is 2.06. The molecule has 1 aromatic carbocycles. The van der Waals surface area contributed by atoms with Gasteiger partial charge in [0.25, 0.3) is 0 Å². The van der Waals surface area contributed by atoms with Gasteiger partial charge in [-0.25, -0.2) is 9.97 Å². The quantitative estimate of drug-likeness (QED) is 0.787. The van der Waals surface area contributed by atoms with Crippen LogP contribution < -0.4 is 20.5 Å². The smallest absolute Gasteiger partial charge is 0.144 e. The Bertz CT molecular complexity index is 631. The van der Waals surface area contributed by atoms with Gasteiger partial charge in [0.05, 0.1) is 26.6 Å². The van der Waals surface area contributed by atoms with Crippen molar-refractivity contribution in [2.75, 3.05) is 19.5 Å². The zero-order valence-electron chi connectivity index (χ0n) is 11.8. The molecule has 7 heteroatoms. The Morgan fingerprint density at radius 1 is 1.24 bits per heavy atom. The van der Waals surface area contributed by atoms with Crippen molar-refractivity contribution in [3.05, 3.63) is 41.9 Å². The van der Waals surface area contributed by atoms with Gasteiger partial charge in [0.15, 0.2) is 0 Å². The topological polar surface area (TPSA) is 82.3 Å². The summed E-state index contributed by atoms with van der Waals surface area (Å²) in [4.78, 5) is 8.54. The molecule has 0 atom stereocenters. The zero-order chi connectivity index (χ0) is 15.2. The maximum Gasteiger partial charge on any atom is 0.144 e. The van der Waals surface area contributed by atoms with E-state index in [1.54, 1.807) is 20.4 Å². The molecule has 0 amide bonds. The van der Waals surface area contributed by atoms with Crippen molar-refractivity contribution in [3.8, 4) is 11.5 Å². The lowest BCUT2D eigenvalue weighted by Gasteiger charge is -2.11. The van der Waals surface area contributed by atoms with Crippen LogP contribution in [0.4, 0.5) is 5.82 Å². The minimum atomic E-state index is 0.228. The number of anilines is 1. The molecule has 110 valence electrons. The second-order valence-corrected chi connectivity index (χ2v) is 4.62. The Balaban J connectivity index is 2.07. The summed E-state index contributed by atoms with van der Waals surface area (Å²) in [5.74, 6) is 2.12. The lowest BCUT2D eigenvalue weighted by Crippen LogP contribution is -2.12. The van der Waals surface area contributed by atoms with Crippen LogP contribution in [0.5, 0.6) is 11.5 Å². The van der Waals surface area contributed by atoms with E-state index < -0.39 is 0 Å². The number of benzene rings is 1. The maximum absolute atomic E-state index is 5.47. The molecule has 2 aromatic rings. The average Bonchev–Trinajstić information content (AvgIpc) is 2.53. The number of nitrogens with one attached hydrogen (secondary N) is 1. The van der Waals surface area contributed by atoms with Crippen LogP contribution >= 0.6 is 12.2 Å². The van der Waals surface area contributed by atoms with Gasteiger partial charge in [-0.05, 0) is 12.1 Å². The Morgan fingerprint density at radius 2 is 2.05 bits per heavy atom. The van der Waals surface area contributed by atoms with Crippen LogP contribution in [0.15, 0.2) is 30.6 Å². The van der Waals surface area contributed by atoms with Crippen LogP contribution in [0, 0.1) is 0 Å². The van der Waals surface area contributed by atoms with Crippen LogP contribution in [-0.2, 0) is 6.54 Å². The minimum absolute atomic E-state index is 0.228. The third kappa shape index (κ3) is 3.79. The van der Waals surface area contributed by atoms with Crippen molar-refractivity contribution in [2.45, 2.75) is 6.54 Å². The number of nitrogens with zero attached hydrogens (tertiary/aromatic N) is 2. The van der Waals surface area contributed by atoms with Crippen LogP contribution in [0.1, 0.15) is 11.3 Å². The predicted octanol–water partition coefficient (Wildman–Crippen LogP) is 1.74. The molecule has 21 heavy (non-hydrogen) atoms. The fraction of sp³-hybridized carbons (Fsp3) is 0.214. The Kier molecular flexibility index (Phi) is 4.89. The summed E-state index contributed by atoms with van der Waals surface area (Å²) in [6.45, 7) is 0.550. The lowest BCUT2D eigenvalue weighted by atomic mass is 10.2. The average molecular weight is 304 g/mol. The third-order valence-electron chi connectivity index (χ3n) is 2.86. The lowest BCUT2D eigenvalue weighted by molar-refractivity contribution is 0.391. The molecular formula is C14H16N4O2S. The number of ether oxygens (including phenoxy) is 2. The fourth-order valence-corrected chi connectivity index (χ4v) is 1.84. The predicted molar refractivity (Wildman–Crippen MR) is 84.8 cm³/mol. The largest absolute Gasteiger partial charge is 0.497 e. The van der Waals surface area contributed by atoms with Crippen molar-refractivity contribution in [2.24, 2.45) is 5.73 Å². The first-order valence-electron chi connectivity index (χ1n) is 6.20. The molecule has 0 aliphatic rings. The molecule has 0 saturated carbocycles. The monoisotopic (exact) mass is 304 g/mol. The normalized spacial score (nSPS) is 10.0. The van der Waals surface area contributed by atoms with Gasteiger partial charge in [-0.2, -0.15) is 0 Å². The van der Waals surface area contributed by atoms with E-state index in [9.17, 15) is 0 Å². The Morgan fingerprint density at radius 3 is 2.62 bits per heavy atom. The van der Waals surface area contributed by atoms with Crippen LogP contribution in [0.3, 0.4) is 0 Å². The first-order valence-corrected chi connectivity index (χ1v) is 6.61. The van der Waals surface area contributed by atoms with Crippen molar-refractivity contribution in [1.82, 2.24) is 9.97 Å². The maximum atomic E-state index is 5.47. The first-order chi connectivity index (χ1) is 10.1. The number of nitrogens with two attached hydrogens (primary N) is 1. The van der Waals surface area contributed by atoms with Gasteiger partial charge in [0.1, 0.15) is 28.0 Å². The van der Waals surface area contributed by atoms with E-state index in [1.165, 1.54) is 6.20 Å². The van der Waals surface area contributed by atoms with Crippen molar-refractivity contribution in [3.63, 3.8) is 0 Å². The molecule has 0 aliphatic carbocycles. The molecule has 0 bridgehead atoms. The van der Waals surface area contributed by atoms with E-state index >= 15 is 0 Å². The number of methoxy groups -OCH3 is 2. The number of thiocarbonyl (C=S) groups is 1. The zero-order valence-corrected chi connectivity index (χ0v) is 12.6. The fourth-order valence-electron chi connectivity index (χ4n) is 1.73. The molecule has 0 spiro atoms. The van der Waals surface area contributed by atoms with E-state index in [0.29, 0.717) is 18.1 Å². The summed E-state index contributed by atoms with van der Waals surface area (Å²) in [6, 6.07) is 5.64. The molecular weight excluding hydrogens is 288 g/mol. The SMILES string of the molecule is COc1ccc(CNc2cnc(C(N)=S)cn2)c(OC)c1. The molecule has 3 N–H and O–H groups in total. The second kappa shape index (κ2) is 6.85. The third-order valence-corrected chi connectivity index (χ3v) is 3.07. The van der Waals surface area contributed by atoms with Gasteiger partial charge in [0.2, 0.25) is 0 Å². The molecule has 0 saturated heterocycles. The highest BCUT2D eigenvalue weighted by Crippen LogP contribution is 2.25. The summed E-state index contributed by atoms with van der Waals surface area (Å²) in [6.07, 6.45) is 3.13. The van der Waals surface area contributed by atoms with Crippen molar-refractivity contribution < 1.29 is 9.47 Å². The minimum Gasteiger partial charge on any atom is -0.497 e. The highest BCUT2D eigenvalue weighted by molar-refractivity contribution is 7.80. The number of aromatic nitrogens is 2. The standard InChI is InChI=1S/C14H16N4O2S/c1-19-10-4-3-9(12(5-10)20-2)6-17-13-8-16-11(7-18-13)14(15)21/h3-5,7-8H,6H2,1-2H3,(H2,15,21)(H,17,18). The number of hydrogen-bond acceptors (Lipinski definition) is 6. The molecule has 2 rings (SSSR count). The van der Waals surface area contributed by atoms with Crippen molar-refractivity contribution in [1.29, 1.82) is 0 Å².